The molecule has 1 unspecified atom stereocenters. The van der Waals surface area contributed by atoms with E-state index in [1.807, 2.05) is 60.9 Å². The highest BCUT2D eigenvalue weighted by Gasteiger charge is 2.20. The van der Waals surface area contributed by atoms with Crippen molar-refractivity contribution in [2.24, 2.45) is 0 Å². The van der Waals surface area contributed by atoms with E-state index in [1.54, 1.807) is 6.07 Å². The van der Waals surface area contributed by atoms with Crippen LogP contribution in [0.25, 0.3) is 22.3 Å². The van der Waals surface area contributed by atoms with Gasteiger partial charge in [-0.05, 0) is 41.8 Å². The predicted octanol–water partition coefficient (Wildman–Crippen LogP) is 6.25. The number of hydrogen-bond acceptors (Lipinski definition) is 2. The topological polar surface area (TPSA) is 60.0 Å². The first-order valence-corrected chi connectivity index (χ1v) is 11.1. The number of carbonyl (C=O) groups is 1. The first kappa shape index (κ1) is 20.8. The van der Waals surface area contributed by atoms with Crippen molar-refractivity contribution in [1.29, 1.82) is 0 Å². The molecule has 0 amide bonds. The second-order valence-electron chi connectivity index (χ2n) is 8.16. The summed E-state index contributed by atoms with van der Waals surface area (Å²) in [5.74, 6) is -1.03. The molecule has 5 rings (SSSR count). The van der Waals surface area contributed by atoms with Crippen molar-refractivity contribution in [1.82, 2.24) is 14.1 Å². The van der Waals surface area contributed by atoms with Gasteiger partial charge in [-0.3, -0.25) is 0 Å². The van der Waals surface area contributed by atoms with Gasteiger partial charge >= 0.3 is 5.97 Å². The van der Waals surface area contributed by atoms with E-state index >= 15 is 0 Å². The van der Waals surface area contributed by atoms with Crippen LogP contribution in [-0.2, 0) is 6.54 Å². The van der Waals surface area contributed by atoms with Crippen molar-refractivity contribution in [2.45, 2.75) is 25.9 Å². The number of hydrogen-bond donors (Lipinski definition) is 1. The van der Waals surface area contributed by atoms with E-state index in [1.165, 1.54) is 11.1 Å². The lowest BCUT2D eigenvalue weighted by molar-refractivity contribution is 0.0691. The Labute approximate surface area is 192 Å². The Morgan fingerprint density at radius 3 is 2.36 bits per heavy atom. The largest absolute Gasteiger partial charge is 0.477 e. The maximum atomic E-state index is 12.0. The molecule has 5 heteroatoms. The molecule has 0 aliphatic heterocycles. The van der Waals surface area contributed by atoms with Crippen LogP contribution in [0.5, 0.6) is 0 Å². The third-order valence-electron chi connectivity index (χ3n) is 6.11. The highest BCUT2D eigenvalue weighted by atomic mass is 16.4. The summed E-state index contributed by atoms with van der Waals surface area (Å²) in [6.07, 6.45) is 4.95. The molecule has 1 N–H and O–H groups in total. The maximum absolute atomic E-state index is 12.0. The molecule has 164 valence electrons. The second kappa shape index (κ2) is 8.79. The molecule has 0 bridgehead atoms. The van der Waals surface area contributed by atoms with Gasteiger partial charge in [-0.1, -0.05) is 67.6 Å². The van der Waals surface area contributed by atoms with Gasteiger partial charge in [0.2, 0.25) is 0 Å². The van der Waals surface area contributed by atoms with Gasteiger partial charge in [0.15, 0.2) is 5.69 Å². The van der Waals surface area contributed by atoms with E-state index in [0.717, 1.165) is 23.0 Å². The number of benzene rings is 2. The van der Waals surface area contributed by atoms with Gasteiger partial charge in [0, 0.05) is 24.3 Å². The number of aromatic carboxylic acids is 1. The fraction of sp³-hybridized carbons (Fsp3) is 0.143. The zero-order valence-corrected chi connectivity index (χ0v) is 18.4. The van der Waals surface area contributed by atoms with Crippen LogP contribution in [0.3, 0.4) is 0 Å². The van der Waals surface area contributed by atoms with Gasteiger partial charge in [-0.15, -0.1) is 0 Å². The van der Waals surface area contributed by atoms with Crippen molar-refractivity contribution in [3.05, 3.63) is 114 Å². The molecular formula is C28H25N3O2. The summed E-state index contributed by atoms with van der Waals surface area (Å²) in [6.45, 7) is 2.83. The molecule has 0 radical (unpaired) electrons. The van der Waals surface area contributed by atoms with E-state index in [9.17, 15) is 9.90 Å². The van der Waals surface area contributed by atoms with E-state index in [0.29, 0.717) is 12.2 Å². The van der Waals surface area contributed by atoms with Gasteiger partial charge in [0.25, 0.3) is 0 Å². The predicted molar refractivity (Wildman–Crippen MR) is 131 cm³/mol. The fourth-order valence-electron chi connectivity index (χ4n) is 4.55. The lowest BCUT2D eigenvalue weighted by atomic mass is 10.0. The van der Waals surface area contributed by atoms with Crippen LogP contribution in [0.2, 0.25) is 0 Å². The van der Waals surface area contributed by atoms with Gasteiger partial charge in [0.05, 0.1) is 22.9 Å². The first-order chi connectivity index (χ1) is 16.2. The summed E-state index contributed by atoms with van der Waals surface area (Å²) in [5, 5.41) is 10.8. The van der Waals surface area contributed by atoms with Crippen LogP contribution < -0.4 is 0 Å². The van der Waals surface area contributed by atoms with Crippen LogP contribution in [0.1, 0.15) is 41.0 Å². The minimum atomic E-state index is -1.03. The van der Waals surface area contributed by atoms with Crippen molar-refractivity contribution in [3.63, 3.8) is 0 Å². The molecule has 0 saturated carbocycles. The number of fused-ring (bicyclic) bond motifs is 1. The molecule has 3 aromatic heterocycles. The number of aromatic nitrogens is 3. The van der Waals surface area contributed by atoms with Gasteiger partial charge in [-0.25, -0.2) is 9.78 Å². The highest BCUT2D eigenvalue weighted by Crippen LogP contribution is 2.33. The number of pyridine rings is 1. The van der Waals surface area contributed by atoms with E-state index in [4.69, 9.17) is 0 Å². The van der Waals surface area contributed by atoms with Crippen LogP contribution in [-0.4, -0.2) is 25.2 Å². The van der Waals surface area contributed by atoms with Crippen LogP contribution >= 0.6 is 0 Å². The van der Waals surface area contributed by atoms with Crippen LogP contribution in [0.15, 0.2) is 97.3 Å². The Morgan fingerprint density at radius 1 is 0.939 bits per heavy atom. The molecule has 0 fully saturated rings. The van der Waals surface area contributed by atoms with Gasteiger partial charge in [-0.2, -0.15) is 0 Å². The van der Waals surface area contributed by atoms with Gasteiger partial charge < -0.3 is 14.2 Å². The monoisotopic (exact) mass is 435 g/mol. The molecular weight excluding hydrogens is 410 g/mol. The third kappa shape index (κ3) is 3.94. The second-order valence-corrected chi connectivity index (χ2v) is 8.16. The molecule has 0 spiro atoms. The molecule has 0 aliphatic carbocycles. The average molecular weight is 436 g/mol. The third-order valence-corrected chi connectivity index (χ3v) is 6.11. The summed E-state index contributed by atoms with van der Waals surface area (Å²) >= 11 is 0. The molecule has 1 atom stereocenters. The zero-order chi connectivity index (χ0) is 22.8. The lowest BCUT2D eigenvalue weighted by Crippen LogP contribution is -2.10. The first-order valence-electron chi connectivity index (χ1n) is 11.1. The molecule has 5 aromatic rings. The number of nitrogens with zero attached hydrogens (tertiary/aromatic N) is 3. The lowest BCUT2D eigenvalue weighted by Gasteiger charge is -2.20. The van der Waals surface area contributed by atoms with Crippen LogP contribution in [0, 0.1) is 0 Å². The fourth-order valence-corrected chi connectivity index (χ4v) is 4.55. The molecule has 33 heavy (non-hydrogen) atoms. The SMILES string of the molecule is CCC(c1ccccc1)n1ccc2c(-c3cccn3Cc3ccccc3)nc(C(=O)O)cc21. The minimum Gasteiger partial charge on any atom is -0.477 e. The summed E-state index contributed by atoms with van der Waals surface area (Å²) in [6, 6.07) is 28.4. The number of carboxylic acid groups (broad SMARTS) is 1. The van der Waals surface area contributed by atoms with Crippen LogP contribution in [0.4, 0.5) is 0 Å². The average Bonchev–Trinajstić information content (AvgIpc) is 3.48. The van der Waals surface area contributed by atoms with Crippen molar-refractivity contribution < 1.29 is 9.90 Å². The smallest absolute Gasteiger partial charge is 0.354 e. The minimum absolute atomic E-state index is 0.0489. The normalized spacial score (nSPS) is 12.2. The zero-order valence-electron chi connectivity index (χ0n) is 18.4. The summed E-state index contributed by atoms with van der Waals surface area (Å²) in [5.41, 5.74) is 4.88. The Bertz CT molecular complexity index is 1400. The summed E-state index contributed by atoms with van der Waals surface area (Å²) < 4.78 is 4.29. The number of carboxylic acids is 1. The summed E-state index contributed by atoms with van der Waals surface area (Å²) in [4.78, 5) is 16.6. The van der Waals surface area contributed by atoms with Crippen molar-refractivity contribution in [3.8, 4) is 11.4 Å². The molecule has 0 saturated heterocycles. The Hall–Kier alpha value is -4.12. The maximum Gasteiger partial charge on any atom is 0.354 e. The number of rotatable bonds is 7. The van der Waals surface area contributed by atoms with E-state index in [-0.39, 0.29) is 11.7 Å². The summed E-state index contributed by atoms with van der Waals surface area (Å²) in [7, 11) is 0. The standard InChI is InChI=1S/C28H25N3O2/c1-2-24(21-12-7-4-8-13-21)31-17-15-22-26(31)18-23(28(32)33)29-27(22)25-14-9-16-30(25)19-20-10-5-3-6-11-20/h3-18,24H,2,19H2,1H3,(H,32,33). The Balaban J connectivity index is 1.67. The van der Waals surface area contributed by atoms with Crippen molar-refractivity contribution in [2.75, 3.05) is 0 Å². The molecule has 3 heterocycles. The Kier molecular flexibility index (Phi) is 5.53. The van der Waals surface area contributed by atoms with E-state index < -0.39 is 5.97 Å². The quantitative estimate of drug-likeness (QED) is 0.329. The molecule has 5 nitrogen and oxygen atoms in total. The molecule has 0 aliphatic rings. The van der Waals surface area contributed by atoms with E-state index in [2.05, 4.69) is 51.4 Å². The Morgan fingerprint density at radius 2 is 1.67 bits per heavy atom. The van der Waals surface area contributed by atoms with Crippen molar-refractivity contribution >= 4 is 16.9 Å². The highest BCUT2D eigenvalue weighted by molar-refractivity contribution is 5.98. The van der Waals surface area contributed by atoms with Gasteiger partial charge in [0.1, 0.15) is 0 Å². The molecule has 2 aromatic carbocycles.